The van der Waals surface area contributed by atoms with E-state index in [0.717, 1.165) is 19.4 Å². The Bertz CT molecular complexity index is 502. The molecule has 9 heteroatoms. The number of hydrogen-bond donors (Lipinski definition) is 2. The Balaban J connectivity index is 1.75. The molecule has 1 atom stereocenters. The third-order valence-electron chi connectivity index (χ3n) is 3.63. The van der Waals surface area contributed by atoms with Crippen molar-refractivity contribution in [3.05, 3.63) is 12.4 Å². The molecule has 2 rings (SSSR count). The van der Waals surface area contributed by atoms with Gasteiger partial charge in [0, 0.05) is 32.4 Å². The first-order chi connectivity index (χ1) is 10.1. The molecular weight excluding hydrogens is 292 g/mol. The van der Waals surface area contributed by atoms with Gasteiger partial charge in [-0.2, -0.15) is 12.7 Å². The molecule has 1 unspecified atom stereocenters. The van der Waals surface area contributed by atoms with Gasteiger partial charge in [0.2, 0.25) is 0 Å². The Morgan fingerprint density at radius 3 is 3.00 bits per heavy atom. The van der Waals surface area contributed by atoms with E-state index in [4.69, 9.17) is 0 Å². The van der Waals surface area contributed by atoms with Gasteiger partial charge in [0.1, 0.15) is 0 Å². The topological polar surface area (TPSA) is 92.2 Å². The lowest BCUT2D eigenvalue weighted by atomic mass is 10.00. The highest BCUT2D eigenvalue weighted by molar-refractivity contribution is 7.87. The van der Waals surface area contributed by atoms with Crippen molar-refractivity contribution in [2.45, 2.75) is 25.8 Å². The summed E-state index contributed by atoms with van der Waals surface area (Å²) in [5.74, 6) is 0.399. The number of aryl methyl sites for hydroxylation is 1. The van der Waals surface area contributed by atoms with Gasteiger partial charge >= 0.3 is 0 Å². The van der Waals surface area contributed by atoms with Gasteiger partial charge in [0.05, 0.1) is 6.20 Å². The van der Waals surface area contributed by atoms with E-state index in [1.54, 1.807) is 21.4 Å². The average Bonchev–Trinajstić information content (AvgIpc) is 2.98. The van der Waals surface area contributed by atoms with Crippen molar-refractivity contribution in [1.82, 2.24) is 29.3 Å². The van der Waals surface area contributed by atoms with Crippen LogP contribution in [0.5, 0.6) is 0 Å². The van der Waals surface area contributed by atoms with E-state index >= 15 is 0 Å². The summed E-state index contributed by atoms with van der Waals surface area (Å²) in [5.41, 5.74) is 0. The minimum atomic E-state index is -3.37. The first kappa shape index (κ1) is 16.3. The Morgan fingerprint density at radius 1 is 1.43 bits per heavy atom. The number of nitrogens with one attached hydrogen (secondary N) is 2. The number of nitrogens with zero attached hydrogens (tertiary/aromatic N) is 4. The standard InChI is InChI=1S/C12H24N6O2S/c1-13-10-12-4-2-8-18(11-12)21(19,20)15-5-3-7-17-9-6-14-16-17/h6,9,12-13,15H,2-5,7-8,10-11H2,1H3. The monoisotopic (exact) mass is 316 g/mol. The molecular formula is C12H24N6O2S. The van der Waals surface area contributed by atoms with Crippen LogP contribution in [-0.4, -0.2) is 60.9 Å². The zero-order valence-electron chi connectivity index (χ0n) is 12.4. The fourth-order valence-corrected chi connectivity index (χ4v) is 3.95. The van der Waals surface area contributed by atoms with Crippen molar-refractivity contribution in [1.29, 1.82) is 0 Å². The van der Waals surface area contributed by atoms with Crippen molar-refractivity contribution in [3.8, 4) is 0 Å². The summed E-state index contributed by atoms with van der Waals surface area (Å²) in [6.07, 6.45) is 6.07. The zero-order valence-corrected chi connectivity index (χ0v) is 13.2. The van der Waals surface area contributed by atoms with E-state index in [-0.39, 0.29) is 0 Å². The van der Waals surface area contributed by atoms with Gasteiger partial charge in [-0.3, -0.25) is 4.68 Å². The molecule has 1 aliphatic rings. The summed E-state index contributed by atoms with van der Waals surface area (Å²) in [5, 5.41) is 10.7. The van der Waals surface area contributed by atoms with E-state index in [1.807, 2.05) is 7.05 Å². The summed E-state index contributed by atoms with van der Waals surface area (Å²) in [7, 11) is -1.47. The van der Waals surface area contributed by atoms with Crippen molar-refractivity contribution in [2.75, 3.05) is 33.2 Å². The van der Waals surface area contributed by atoms with Gasteiger partial charge in [-0.1, -0.05) is 5.21 Å². The third-order valence-corrected chi connectivity index (χ3v) is 5.22. The molecule has 0 saturated carbocycles. The summed E-state index contributed by atoms with van der Waals surface area (Å²) in [6.45, 7) is 3.14. The fourth-order valence-electron chi connectivity index (χ4n) is 2.59. The van der Waals surface area contributed by atoms with Crippen molar-refractivity contribution < 1.29 is 8.42 Å². The minimum Gasteiger partial charge on any atom is -0.319 e. The number of hydrogen-bond acceptors (Lipinski definition) is 5. The second kappa shape index (κ2) is 7.83. The largest absolute Gasteiger partial charge is 0.319 e. The van der Waals surface area contributed by atoms with Gasteiger partial charge < -0.3 is 5.32 Å². The summed E-state index contributed by atoms with van der Waals surface area (Å²) in [6, 6.07) is 0. The van der Waals surface area contributed by atoms with E-state index in [2.05, 4.69) is 20.4 Å². The van der Waals surface area contributed by atoms with Gasteiger partial charge in [-0.05, 0) is 38.8 Å². The molecule has 0 bridgehead atoms. The van der Waals surface area contributed by atoms with E-state index in [9.17, 15) is 8.42 Å². The molecule has 1 aliphatic heterocycles. The first-order valence-electron chi connectivity index (χ1n) is 7.35. The van der Waals surface area contributed by atoms with E-state index < -0.39 is 10.2 Å². The second-order valence-electron chi connectivity index (χ2n) is 5.34. The van der Waals surface area contributed by atoms with Crippen LogP contribution >= 0.6 is 0 Å². The van der Waals surface area contributed by atoms with Crippen LogP contribution in [0.1, 0.15) is 19.3 Å². The average molecular weight is 316 g/mol. The van der Waals surface area contributed by atoms with Crippen molar-refractivity contribution in [3.63, 3.8) is 0 Å². The second-order valence-corrected chi connectivity index (χ2v) is 7.10. The Kier molecular flexibility index (Phi) is 6.09. The molecule has 0 spiro atoms. The van der Waals surface area contributed by atoms with Crippen LogP contribution in [0.4, 0.5) is 0 Å². The molecule has 21 heavy (non-hydrogen) atoms. The highest BCUT2D eigenvalue weighted by atomic mass is 32.2. The summed E-state index contributed by atoms with van der Waals surface area (Å²) in [4.78, 5) is 0. The van der Waals surface area contributed by atoms with Crippen LogP contribution in [0.15, 0.2) is 12.4 Å². The molecule has 1 fully saturated rings. The highest BCUT2D eigenvalue weighted by Crippen LogP contribution is 2.17. The molecule has 8 nitrogen and oxygen atoms in total. The zero-order chi connectivity index (χ0) is 15.1. The predicted molar refractivity (Wildman–Crippen MR) is 79.8 cm³/mol. The molecule has 0 aromatic carbocycles. The van der Waals surface area contributed by atoms with Crippen LogP contribution in [0, 0.1) is 5.92 Å². The smallest absolute Gasteiger partial charge is 0.279 e. The van der Waals surface area contributed by atoms with Crippen molar-refractivity contribution >= 4 is 10.2 Å². The lowest BCUT2D eigenvalue weighted by Crippen LogP contribution is -2.47. The molecule has 0 aliphatic carbocycles. The first-order valence-corrected chi connectivity index (χ1v) is 8.79. The molecule has 120 valence electrons. The van der Waals surface area contributed by atoms with Gasteiger partial charge in [0.25, 0.3) is 10.2 Å². The van der Waals surface area contributed by atoms with Crippen LogP contribution in [0.3, 0.4) is 0 Å². The van der Waals surface area contributed by atoms with Gasteiger partial charge in [-0.15, -0.1) is 5.10 Å². The van der Waals surface area contributed by atoms with Crippen molar-refractivity contribution in [2.24, 2.45) is 5.92 Å². The molecule has 0 radical (unpaired) electrons. The maximum Gasteiger partial charge on any atom is 0.279 e. The molecule has 2 heterocycles. The number of rotatable bonds is 8. The van der Waals surface area contributed by atoms with E-state index in [0.29, 0.717) is 38.5 Å². The Labute approximate surface area is 126 Å². The molecule has 2 N–H and O–H groups in total. The van der Waals surface area contributed by atoms with Crippen LogP contribution in [-0.2, 0) is 16.8 Å². The highest BCUT2D eigenvalue weighted by Gasteiger charge is 2.27. The molecule has 1 aromatic rings. The number of piperidine rings is 1. The normalized spacial score (nSPS) is 20.7. The molecule has 0 amide bonds. The lowest BCUT2D eigenvalue weighted by molar-refractivity contribution is 0.261. The Hall–Kier alpha value is -1.03. The third kappa shape index (κ3) is 5.03. The summed E-state index contributed by atoms with van der Waals surface area (Å²) >= 11 is 0. The van der Waals surface area contributed by atoms with E-state index in [1.165, 1.54) is 0 Å². The predicted octanol–water partition coefficient (Wildman–Crippen LogP) is -0.566. The number of aromatic nitrogens is 3. The van der Waals surface area contributed by atoms with Crippen LogP contribution in [0.25, 0.3) is 0 Å². The van der Waals surface area contributed by atoms with Crippen LogP contribution in [0.2, 0.25) is 0 Å². The van der Waals surface area contributed by atoms with Crippen LogP contribution < -0.4 is 10.0 Å². The quantitative estimate of drug-likeness (QED) is 0.627. The molecule has 1 aromatic heterocycles. The molecule has 1 saturated heterocycles. The fraction of sp³-hybridized carbons (Fsp3) is 0.833. The lowest BCUT2D eigenvalue weighted by Gasteiger charge is -2.31. The van der Waals surface area contributed by atoms with Gasteiger partial charge in [0.15, 0.2) is 0 Å². The van der Waals surface area contributed by atoms with Gasteiger partial charge in [-0.25, -0.2) is 4.72 Å². The SMILES string of the molecule is CNCC1CCCN(S(=O)(=O)NCCCn2ccnn2)C1. The Morgan fingerprint density at radius 2 is 2.29 bits per heavy atom. The summed E-state index contributed by atoms with van der Waals surface area (Å²) < 4.78 is 30.4. The minimum absolute atomic E-state index is 0.399. The maximum atomic E-state index is 12.3. The maximum absolute atomic E-state index is 12.3.